The smallest absolute Gasteiger partial charge is 0.230 e. The van der Waals surface area contributed by atoms with Gasteiger partial charge < -0.3 is 10.1 Å². The van der Waals surface area contributed by atoms with Crippen molar-refractivity contribution in [3.63, 3.8) is 0 Å². The Morgan fingerprint density at radius 3 is 3.09 bits per heavy atom. The molecule has 0 radical (unpaired) electrons. The Labute approximate surface area is 138 Å². The number of carbonyl (C=O) groups is 1. The predicted molar refractivity (Wildman–Crippen MR) is 89.1 cm³/mol. The van der Waals surface area contributed by atoms with Gasteiger partial charge in [0.05, 0.1) is 12.3 Å². The first-order valence-electron chi connectivity index (χ1n) is 7.28. The third-order valence-corrected chi connectivity index (χ3v) is 4.59. The van der Waals surface area contributed by atoms with Crippen molar-refractivity contribution in [1.82, 2.24) is 4.98 Å². The van der Waals surface area contributed by atoms with E-state index in [-0.39, 0.29) is 5.91 Å². The average Bonchev–Trinajstić information content (AvgIpc) is 3.26. The number of rotatable bonds is 7. The highest BCUT2D eigenvalue weighted by atomic mass is 35.5. The predicted octanol–water partition coefficient (Wildman–Crippen LogP) is 3.82. The molecule has 0 saturated heterocycles. The Morgan fingerprint density at radius 1 is 1.45 bits per heavy atom. The molecule has 116 valence electrons. The highest BCUT2D eigenvalue weighted by molar-refractivity contribution is 7.15. The quantitative estimate of drug-likeness (QED) is 0.782. The third-order valence-electron chi connectivity index (χ3n) is 3.36. The van der Waals surface area contributed by atoms with Gasteiger partial charge in [-0.25, -0.2) is 4.98 Å². The van der Waals surface area contributed by atoms with Crippen LogP contribution in [0.1, 0.15) is 29.2 Å². The van der Waals surface area contributed by atoms with Gasteiger partial charge in [-0.2, -0.15) is 0 Å². The van der Waals surface area contributed by atoms with Crippen molar-refractivity contribution in [3.8, 4) is 5.75 Å². The van der Waals surface area contributed by atoms with Gasteiger partial charge in [0.1, 0.15) is 12.4 Å². The summed E-state index contributed by atoms with van der Waals surface area (Å²) in [4.78, 5) is 17.6. The van der Waals surface area contributed by atoms with Gasteiger partial charge in [-0.05, 0) is 36.5 Å². The van der Waals surface area contributed by atoms with Crippen LogP contribution in [-0.4, -0.2) is 23.4 Å². The Balaban J connectivity index is 1.56. The highest BCUT2D eigenvalue weighted by Crippen LogP contribution is 2.43. The number of halogens is 1. The van der Waals surface area contributed by atoms with E-state index in [1.54, 1.807) is 11.3 Å². The molecule has 1 aromatic heterocycles. The molecule has 0 bridgehead atoms. The highest BCUT2D eigenvalue weighted by Gasteiger charge is 2.25. The third kappa shape index (κ3) is 4.21. The number of benzene rings is 1. The van der Waals surface area contributed by atoms with Crippen molar-refractivity contribution in [1.29, 1.82) is 0 Å². The molecule has 1 saturated carbocycles. The molecule has 1 N–H and O–H groups in total. The number of nitrogens with one attached hydrogen (secondary N) is 1. The normalized spacial score (nSPS) is 13.9. The Kier molecular flexibility index (Phi) is 4.95. The molecule has 1 heterocycles. The maximum atomic E-state index is 12.1. The van der Waals surface area contributed by atoms with Crippen LogP contribution >= 0.6 is 22.9 Å². The molecule has 1 aliphatic carbocycles. The summed E-state index contributed by atoms with van der Waals surface area (Å²) in [7, 11) is 0. The summed E-state index contributed by atoms with van der Waals surface area (Å²) in [6, 6.07) is 7.51. The molecule has 1 fully saturated rings. The summed E-state index contributed by atoms with van der Waals surface area (Å²) in [6.07, 6.45) is 4.66. The first-order chi connectivity index (χ1) is 10.7. The molecule has 3 rings (SSSR count). The van der Waals surface area contributed by atoms with Gasteiger partial charge in [-0.3, -0.25) is 4.79 Å². The van der Waals surface area contributed by atoms with E-state index in [4.69, 9.17) is 16.3 Å². The van der Waals surface area contributed by atoms with Gasteiger partial charge in [0, 0.05) is 11.1 Å². The lowest BCUT2D eigenvalue weighted by Gasteiger charge is -2.06. The zero-order chi connectivity index (χ0) is 15.4. The monoisotopic (exact) mass is 336 g/mol. The second-order valence-corrected chi connectivity index (χ2v) is 6.69. The fraction of sp³-hybridized carbons (Fsp3) is 0.375. The van der Waals surface area contributed by atoms with Crippen molar-refractivity contribution in [2.75, 3.05) is 17.8 Å². The number of hydrogen-bond acceptors (Lipinski definition) is 4. The topological polar surface area (TPSA) is 51.2 Å². The number of thiazole rings is 1. The van der Waals surface area contributed by atoms with E-state index in [9.17, 15) is 4.79 Å². The van der Waals surface area contributed by atoms with Crippen molar-refractivity contribution >= 4 is 34.0 Å². The molecule has 2 aromatic rings. The molecule has 1 aromatic carbocycles. The van der Waals surface area contributed by atoms with E-state index in [2.05, 4.69) is 10.3 Å². The second-order valence-electron chi connectivity index (χ2n) is 5.25. The minimum Gasteiger partial charge on any atom is -0.492 e. The van der Waals surface area contributed by atoms with Crippen molar-refractivity contribution in [2.45, 2.75) is 25.2 Å². The Hall–Kier alpha value is -1.59. The Morgan fingerprint density at radius 2 is 2.32 bits per heavy atom. The number of anilines is 1. The van der Waals surface area contributed by atoms with Crippen LogP contribution in [0.2, 0.25) is 0 Å². The molecule has 22 heavy (non-hydrogen) atoms. The van der Waals surface area contributed by atoms with Gasteiger partial charge >= 0.3 is 0 Å². The van der Waals surface area contributed by atoms with Crippen LogP contribution in [0.3, 0.4) is 0 Å². The van der Waals surface area contributed by atoms with Crippen molar-refractivity contribution in [2.24, 2.45) is 0 Å². The maximum Gasteiger partial charge on any atom is 0.230 e. The van der Waals surface area contributed by atoms with Crippen LogP contribution in [0.5, 0.6) is 5.75 Å². The second kappa shape index (κ2) is 7.11. The van der Waals surface area contributed by atoms with Crippen molar-refractivity contribution in [3.05, 3.63) is 40.9 Å². The standard InChI is InChI=1S/C16H17ClN2O2S/c17-6-7-21-13-3-1-2-11(8-13)9-15(20)19-16-18-10-14(22-16)12-4-5-12/h1-3,8,10,12H,4-7,9H2,(H,18,19,20). The number of hydrogen-bond donors (Lipinski definition) is 1. The number of aromatic nitrogens is 1. The summed E-state index contributed by atoms with van der Waals surface area (Å²) >= 11 is 7.17. The molecule has 6 heteroatoms. The number of ether oxygens (including phenoxy) is 1. The van der Waals surface area contributed by atoms with E-state index in [0.717, 1.165) is 11.3 Å². The lowest BCUT2D eigenvalue weighted by atomic mass is 10.1. The zero-order valence-corrected chi connectivity index (χ0v) is 13.6. The fourth-order valence-corrected chi connectivity index (χ4v) is 3.23. The lowest BCUT2D eigenvalue weighted by Crippen LogP contribution is -2.14. The van der Waals surface area contributed by atoms with E-state index in [0.29, 0.717) is 30.0 Å². The van der Waals surface area contributed by atoms with Gasteiger partial charge in [0.25, 0.3) is 0 Å². The minimum absolute atomic E-state index is 0.0637. The van der Waals surface area contributed by atoms with Crippen LogP contribution in [0, 0.1) is 0 Å². The molecule has 1 aliphatic rings. The van der Waals surface area contributed by atoms with E-state index >= 15 is 0 Å². The summed E-state index contributed by atoms with van der Waals surface area (Å²) in [5.41, 5.74) is 0.906. The fourth-order valence-electron chi connectivity index (χ4n) is 2.15. The lowest BCUT2D eigenvalue weighted by molar-refractivity contribution is -0.115. The van der Waals surface area contributed by atoms with Crippen molar-refractivity contribution < 1.29 is 9.53 Å². The zero-order valence-electron chi connectivity index (χ0n) is 12.0. The number of alkyl halides is 1. The Bertz CT molecular complexity index is 655. The average molecular weight is 337 g/mol. The largest absolute Gasteiger partial charge is 0.492 e. The SMILES string of the molecule is O=C(Cc1cccc(OCCCl)c1)Nc1ncc(C2CC2)s1. The number of nitrogens with zero attached hydrogens (tertiary/aromatic N) is 1. The summed E-state index contributed by atoms with van der Waals surface area (Å²) in [5, 5.41) is 3.54. The maximum absolute atomic E-state index is 12.1. The van der Waals surface area contributed by atoms with Gasteiger partial charge in [-0.1, -0.05) is 12.1 Å². The first kappa shape index (κ1) is 15.3. The summed E-state index contributed by atoms with van der Waals surface area (Å²) < 4.78 is 5.46. The summed E-state index contributed by atoms with van der Waals surface area (Å²) in [5.74, 6) is 1.78. The van der Waals surface area contributed by atoms with Crippen LogP contribution < -0.4 is 10.1 Å². The van der Waals surface area contributed by atoms with E-state index in [1.165, 1.54) is 17.7 Å². The van der Waals surface area contributed by atoms with Crippen LogP contribution in [-0.2, 0) is 11.2 Å². The van der Waals surface area contributed by atoms with Crippen LogP contribution in [0.25, 0.3) is 0 Å². The molecule has 0 atom stereocenters. The van der Waals surface area contributed by atoms with E-state index in [1.807, 2.05) is 30.5 Å². The van der Waals surface area contributed by atoms with Gasteiger partial charge in [0.2, 0.25) is 5.91 Å². The molecule has 0 unspecified atom stereocenters. The first-order valence-corrected chi connectivity index (χ1v) is 8.63. The minimum atomic E-state index is -0.0637. The molecule has 0 spiro atoms. The molecule has 1 amide bonds. The van der Waals surface area contributed by atoms with Crippen LogP contribution in [0.4, 0.5) is 5.13 Å². The number of amides is 1. The van der Waals surface area contributed by atoms with E-state index < -0.39 is 0 Å². The molecule has 0 aliphatic heterocycles. The van der Waals surface area contributed by atoms with Gasteiger partial charge in [0.15, 0.2) is 5.13 Å². The van der Waals surface area contributed by atoms with Gasteiger partial charge in [-0.15, -0.1) is 22.9 Å². The number of carbonyl (C=O) groups excluding carboxylic acids is 1. The summed E-state index contributed by atoms with van der Waals surface area (Å²) in [6.45, 7) is 0.459. The molecule has 4 nitrogen and oxygen atoms in total. The van der Waals surface area contributed by atoms with Crippen LogP contribution in [0.15, 0.2) is 30.5 Å². The molecular formula is C16H17ClN2O2S. The molecular weight excluding hydrogens is 320 g/mol.